The summed E-state index contributed by atoms with van der Waals surface area (Å²) in [7, 11) is -3.13. The normalized spacial score (nSPS) is 16.7. The molecule has 4 aromatic carbocycles. The Morgan fingerprint density at radius 2 is 1.42 bits per heavy atom. The molecule has 5 rings (SSSR count). The first-order valence-electron chi connectivity index (χ1n) is 10.8. The van der Waals surface area contributed by atoms with E-state index in [0.29, 0.717) is 0 Å². The van der Waals surface area contributed by atoms with Gasteiger partial charge in [-0.25, -0.2) is 0 Å². The van der Waals surface area contributed by atoms with Gasteiger partial charge < -0.3 is 14.6 Å². The van der Waals surface area contributed by atoms with Gasteiger partial charge in [-0.1, -0.05) is 91.0 Å². The molecule has 1 saturated heterocycles. The average Bonchev–Trinajstić information content (AvgIpc) is 3.32. The molecule has 31 heavy (non-hydrogen) atoms. The Bertz CT molecular complexity index is 1200. The Morgan fingerprint density at radius 3 is 2.06 bits per heavy atom. The molecular formula is C27H26NO2P. The van der Waals surface area contributed by atoms with Gasteiger partial charge in [0.1, 0.15) is 0 Å². The minimum absolute atomic E-state index is 0.0459. The molecule has 1 heterocycles. The second-order valence-electron chi connectivity index (χ2n) is 8.11. The van der Waals surface area contributed by atoms with Gasteiger partial charge in [-0.2, -0.15) is 0 Å². The average molecular weight is 427 g/mol. The number of aliphatic hydroxyl groups excluding tert-OH is 1. The third-order valence-corrected chi connectivity index (χ3v) is 9.42. The zero-order valence-corrected chi connectivity index (χ0v) is 18.3. The van der Waals surface area contributed by atoms with Crippen LogP contribution in [0.5, 0.6) is 0 Å². The SMILES string of the molecule is O=P(c1ccccc1)(c1ccccc1)c1ccc2ccccc2c1N1CCC[C@H]1CO. The fourth-order valence-electron chi connectivity index (χ4n) is 4.82. The molecule has 4 heteroatoms. The van der Waals surface area contributed by atoms with Crippen molar-refractivity contribution in [3.05, 3.63) is 97.1 Å². The molecule has 1 aliphatic rings. The standard InChI is InChI=1S/C27H26NO2P/c29-20-22-11-9-19-28(22)27-25-16-8-7-10-21(25)17-18-26(27)31(30,23-12-3-1-4-13-23)24-14-5-2-6-15-24/h1-8,10,12-18,22,29H,9,11,19-20H2/t22-/m0/s1. The minimum atomic E-state index is -3.13. The third kappa shape index (κ3) is 3.39. The van der Waals surface area contributed by atoms with E-state index in [1.54, 1.807) is 0 Å². The molecule has 1 N–H and O–H groups in total. The van der Waals surface area contributed by atoms with Crippen molar-refractivity contribution in [3.63, 3.8) is 0 Å². The topological polar surface area (TPSA) is 40.5 Å². The fraction of sp³-hybridized carbons (Fsp3) is 0.185. The van der Waals surface area contributed by atoms with Crippen LogP contribution in [0.25, 0.3) is 10.8 Å². The fourth-order valence-corrected chi connectivity index (χ4v) is 7.69. The van der Waals surface area contributed by atoms with Crippen LogP contribution < -0.4 is 20.8 Å². The van der Waals surface area contributed by atoms with Gasteiger partial charge in [0.2, 0.25) is 0 Å². The van der Waals surface area contributed by atoms with Crippen LogP contribution in [0, 0.1) is 0 Å². The van der Waals surface area contributed by atoms with Crippen LogP contribution in [0.2, 0.25) is 0 Å². The van der Waals surface area contributed by atoms with Gasteiger partial charge >= 0.3 is 0 Å². The molecule has 156 valence electrons. The van der Waals surface area contributed by atoms with E-state index in [9.17, 15) is 5.11 Å². The van der Waals surface area contributed by atoms with Crippen molar-refractivity contribution in [3.8, 4) is 0 Å². The van der Waals surface area contributed by atoms with Crippen LogP contribution in [0.15, 0.2) is 97.1 Å². The lowest BCUT2D eigenvalue weighted by Gasteiger charge is -2.32. The number of rotatable bonds is 5. The summed E-state index contributed by atoms with van der Waals surface area (Å²) < 4.78 is 15.1. The maximum absolute atomic E-state index is 15.1. The quantitative estimate of drug-likeness (QED) is 0.479. The highest BCUT2D eigenvalue weighted by atomic mass is 31.2. The number of hydrogen-bond donors (Lipinski definition) is 1. The lowest BCUT2D eigenvalue weighted by molar-refractivity contribution is 0.266. The lowest BCUT2D eigenvalue weighted by Crippen LogP contribution is -2.37. The highest BCUT2D eigenvalue weighted by molar-refractivity contribution is 7.85. The third-order valence-electron chi connectivity index (χ3n) is 6.33. The molecule has 4 aromatic rings. The van der Waals surface area contributed by atoms with Crippen molar-refractivity contribution >= 4 is 39.5 Å². The Hall–Kier alpha value is -2.87. The molecular weight excluding hydrogens is 401 g/mol. The van der Waals surface area contributed by atoms with Gasteiger partial charge in [-0.3, -0.25) is 0 Å². The molecule has 0 saturated carbocycles. The number of anilines is 1. The molecule has 0 radical (unpaired) electrons. The van der Waals surface area contributed by atoms with Crippen molar-refractivity contribution < 1.29 is 9.67 Å². The maximum atomic E-state index is 15.1. The minimum Gasteiger partial charge on any atom is -0.394 e. The van der Waals surface area contributed by atoms with E-state index >= 15 is 4.57 Å². The number of nitrogens with zero attached hydrogens (tertiary/aromatic N) is 1. The summed E-state index contributed by atoms with van der Waals surface area (Å²) in [6, 6.07) is 32.1. The van der Waals surface area contributed by atoms with Gasteiger partial charge in [-0.05, 0) is 24.3 Å². The van der Waals surface area contributed by atoms with Gasteiger partial charge in [-0.15, -0.1) is 0 Å². The number of fused-ring (bicyclic) bond motifs is 1. The second kappa shape index (κ2) is 8.34. The van der Waals surface area contributed by atoms with Gasteiger partial charge in [0.25, 0.3) is 0 Å². The summed E-state index contributed by atoms with van der Waals surface area (Å²) in [5.74, 6) is 0. The smallest absolute Gasteiger partial charge is 0.173 e. The molecule has 0 amide bonds. The Kier molecular flexibility index (Phi) is 5.40. The predicted octanol–water partition coefficient (Wildman–Crippen LogP) is 4.44. The molecule has 0 aliphatic carbocycles. The summed E-state index contributed by atoms with van der Waals surface area (Å²) in [6.07, 6.45) is 1.97. The molecule has 1 atom stereocenters. The summed E-state index contributed by atoms with van der Waals surface area (Å²) in [5.41, 5.74) is 1.01. The Labute approximate surface area is 183 Å². The zero-order chi connectivity index (χ0) is 21.3. The van der Waals surface area contributed by atoms with Gasteiger partial charge in [0, 0.05) is 27.8 Å². The van der Waals surface area contributed by atoms with E-state index in [1.165, 1.54) is 0 Å². The first-order chi connectivity index (χ1) is 15.2. The Balaban J connectivity index is 1.86. The number of hydrogen-bond acceptors (Lipinski definition) is 3. The summed E-state index contributed by atoms with van der Waals surface area (Å²) >= 11 is 0. The van der Waals surface area contributed by atoms with Gasteiger partial charge in [0.15, 0.2) is 7.14 Å². The molecule has 0 bridgehead atoms. The summed E-state index contributed by atoms with van der Waals surface area (Å²) in [4.78, 5) is 2.29. The first-order valence-corrected chi connectivity index (χ1v) is 12.6. The van der Waals surface area contributed by atoms with E-state index < -0.39 is 7.14 Å². The lowest BCUT2D eigenvalue weighted by atomic mass is 10.1. The van der Waals surface area contributed by atoms with Crippen molar-refractivity contribution in [1.29, 1.82) is 0 Å². The number of aliphatic hydroxyl groups is 1. The van der Waals surface area contributed by atoms with E-state index in [4.69, 9.17) is 0 Å². The van der Waals surface area contributed by atoms with E-state index in [2.05, 4.69) is 23.1 Å². The van der Waals surface area contributed by atoms with E-state index in [1.807, 2.05) is 78.9 Å². The molecule has 0 aromatic heterocycles. The van der Waals surface area contributed by atoms with Crippen LogP contribution in [0.4, 0.5) is 5.69 Å². The molecule has 1 aliphatic heterocycles. The van der Waals surface area contributed by atoms with Crippen LogP contribution in [-0.2, 0) is 4.57 Å². The van der Waals surface area contributed by atoms with Crippen LogP contribution in [-0.4, -0.2) is 24.3 Å². The van der Waals surface area contributed by atoms with Crippen LogP contribution >= 0.6 is 7.14 Å². The largest absolute Gasteiger partial charge is 0.394 e. The summed E-state index contributed by atoms with van der Waals surface area (Å²) in [5, 5.41) is 14.8. The summed E-state index contributed by atoms with van der Waals surface area (Å²) in [6.45, 7) is 0.958. The van der Waals surface area contributed by atoms with Crippen molar-refractivity contribution in [1.82, 2.24) is 0 Å². The van der Waals surface area contributed by atoms with Crippen LogP contribution in [0.1, 0.15) is 12.8 Å². The first kappa shape index (κ1) is 20.1. The molecule has 3 nitrogen and oxygen atoms in total. The number of benzene rings is 4. The highest BCUT2D eigenvalue weighted by Gasteiger charge is 2.36. The van der Waals surface area contributed by atoms with Crippen molar-refractivity contribution in [2.75, 3.05) is 18.1 Å². The molecule has 0 spiro atoms. The molecule has 0 unspecified atom stereocenters. The van der Waals surface area contributed by atoms with E-state index in [0.717, 1.165) is 51.8 Å². The molecule has 1 fully saturated rings. The van der Waals surface area contributed by atoms with Gasteiger partial charge in [0.05, 0.1) is 18.3 Å². The predicted molar refractivity (Wildman–Crippen MR) is 131 cm³/mol. The Morgan fingerprint density at radius 1 is 0.806 bits per heavy atom. The van der Waals surface area contributed by atoms with Crippen LogP contribution in [0.3, 0.4) is 0 Å². The highest BCUT2D eigenvalue weighted by Crippen LogP contribution is 2.47. The van der Waals surface area contributed by atoms with Crippen molar-refractivity contribution in [2.45, 2.75) is 18.9 Å². The van der Waals surface area contributed by atoms with E-state index in [-0.39, 0.29) is 12.6 Å². The maximum Gasteiger partial charge on any atom is 0.173 e. The van der Waals surface area contributed by atoms with Crippen molar-refractivity contribution in [2.24, 2.45) is 0 Å². The monoisotopic (exact) mass is 427 g/mol. The zero-order valence-electron chi connectivity index (χ0n) is 17.4. The second-order valence-corrected chi connectivity index (χ2v) is 10.8.